The lowest BCUT2D eigenvalue weighted by atomic mass is 9.93. The second-order valence-corrected chi connectivity index (χ2v) is 24.6. The van der Waals surface area contributed by atoms with Crippen molar-refractivity contribution in [2.45, 2.75) is 69.3 Å². The number of H-pyrrole nitrogens is 2. The zero-order chi connectivity index (χ0) is 46.7. The molecule has 9 heterocycles. The van der Waals surface area contributed by atoms with Crippen molar-refractivity contribution in [1.82, 2.24) is 28.2 Å². The van der Waals surface area contributed by atoms with E-state index in [4.69, 9.17) is 9.98 Å². The summed E-state index contributed by atoms with van der Waals surface area (Å²) in [6, 6.07) is 9.04. The smallest absolute Gasteiger partial charge is 0.293 e. The number of imidazole rings is 4. The summed E-state index contributed by atoms with van der Waals surface area (Å²) in [5.74, 6) is 4.43. The Morgan fingerprint density at radius 1 is 0.500 bits per heavy atom. The Morgan fingerprint density at radius 2 is 0.938 bits per heavy atom. The quantitative estimate of drug-likeness (QED) is 0.105. The average molecular weight is 1310 g/mol. The van der Waals surface area contributed by atoms with Gasteiger partial charge in [-0.1, -0.05) is 45.2 Å². The summed E-state index contributed by atoms with van der Waals surface area (Å²) in [7, 11) is 17.4. The zero-order valence-electron chi connectivity index (χ0n) is 39.6. The first kappa shape index (κ1) is 46.0. The van der Waals surface area contributed by atoms with Crippen molar-refractivity contribution in [3.05, 3.63) is 140 Å². The lowest BCUT2D eigenvalue weighted by Crippen LogP contribution is -2.54. The highest BCUT2D eigenvalue weighted by Crippen LogP contribution is 2.59. The van der Waals surface area contributed by atoms with Crippen LogP contribution in [0.5, 0.6) is 0 Å². The highest BCUT2D eigenvalue weighted by atomic mass is 127. The highest BCUT2D eigenvalue weighted by molar-refractivity contribution is 14.1. The molecular formula is C48H58I4N12+4. The van der Waals surface area contributed by atoms with Gasteiger partial charge in [0.2, 0.25) is 3.42 Å². The van der Waals surface area contributed by atoms with E-state index in [0.717, 1.165) is 68.0 Å². The molecule has 8 bridgehead atoms. The molecule has 0 saturated heterocycles. The maximum atomic E-state index is 6.06. The fraction of sp³-hybridized carbons (Fsp3) is 0.417. The van der Waals surface area contributed by atoms with Gasteiger partial charge in [-0.15, -0.1) is 0 Å². The number of hydrogen-bond donors (Lipinski definition) is 2. The Morgan fingerprint density at radius 3 is 1.42 bits per heavy atom. The van der Waals surface area contributed by atoms with E-state index < -0.39 is 13.9 Å². The predicted octanol–water partition coefficient (Wildman–Crippen LogP) is 5.22. The predicted molar refractivity (Wildman–Crippen MR) is 286 cm³/mol. The summed E-state index contributed by atoms with van der Waals surface area (Å²) < 4.78 is 15.5. The summed E-state index contributed by atoms with van der Waals surface area (Å²) in [5.41, 5.74) is 15.7. The molecule has 0 radical (unpaired) electrons. The molecule has 0 fully saturated rings. The van der Waals surface area contributed by atoms with Crippen molar-refractivity contribution in [1.29, 1.82) is 0 Å². The van der Waals surface area contributed by atoms with Crippen LogP contribution in [-0.2, 0) is 63.2 Å². The van der Waals surface area contributed by atoms with E-state index in [-0.39, 0.29) is 0 Å². The van der Waals surface area contributed by atoms with Crippen LogP contribution in [0, 0.1) is 55.4 Å². The molecule has 0 aliphatic carbocycles. The first-order chi connectivity index (χ1) is 29.9. The minimum absolute atomic E-state index is 0.730. The number of hydrogen-bond acceptors (Lipinski definition) is 2. The molecule has 4 unspecified atom stereocenters. The standard InChI is InChI=1S/C48H57I4N12/c1-25-26(2)58(10)41(57(25)9)39-33-17-18-34(53-33)40(42-59(11)27(3)28(4)60(42)12)36-21-23-45(49,55-36)48(52,44-63(15)31(7)32(8)64(44)16)38-22-24-46(50,56-38)47(51,37-20-19-35(39)54-37)43-61(13)29(5)30(6)62(43)14/h17-24H,1-16H3,(H,53,54)/q+3/p+1. The molecule has 64 heavy (non-hydrogen) atoms. The van der Waals surface area contributed by atoms with Crippen molar-refractivity contribution < 1.29 is 18.3 Å². The number of aromatic amines is 2. The van der Waals surface area contributed by atoms with Crippen LogP contribution in [0.1, 0.15) is 80.2 Å². The van der Waals surface area contributed by atoms with Crippen molar-refractivity contribution in [3.8, 4) is 0 Å². The average Bonchev–Trinajstić information content (AvgIpc) is 4.16. The Hall–Kier alpha value is -3.12. The number of halogens is 4. The van der Waals surface area contributed by atoms with Gasteiger partial charge in [0.1, 0.15) is 56.7 Å². The van der Waals surface area contributed by atoms with Crippen molar-refractivity contribution in [3.63, 3.8) is 0 Å². The maximum Gasteiger partial charge on any atom is 0.293 e. The molecule has 0 saturated carbocycles. The number of aromatic nitrogens is 10. The van der Waals surface area contributed by atoms with Crippen molar-refractivity contribution in [2.24, 2.45) is 66.4 Å². The van der Waals surface area contributed by atoms with E-state index in [1.54, 1.807) is 0 Å². The monoisotopic (exact) mass is 1310 g/mol. The lowest BCUT2D eigenvalue weighted by Gasteiger charge is -2.37. The molecule has 9 rings (SSSR count). The van der Waals surface area contributed by atoms with Crippen LogP contribution in [-0.4, -0.2) is 46.8 Å². The number of nitrogens with zero attached hydrogens (tertiary/aromatic N) is 10. The highest BCUT2D eigenvalue weighted by Gasteiger charge is 2.65. The van der Waals surface area contributed by atoms with Gasteiger partial charge in [0.15, 0.2) is 10.5 Å². The first-order valence-corrected chi connectivity index (χ1v) is 25.8. The maximum absolute atomic E-state index is 6.06. The van der Waals surface area contributed by atoms with E-state index in [9.17, 15) is 0 Å². The van der Waals surface area contributed by atoms with Crippen LogP contribution in [0.2, 0.25) is 0 Å². The molecule has 6 aromatic heterocycles. The third kappa shape index (κ3) is 5.90. The number of fused-ring (bicyclic) bond motifs is 6. The number of aliphatic imine (C=N–C) groups is 2. The third-order valence-electron chi connectivity index (χ3n) is 15.3. The minimum atomic E-state index is -0.806. The molecule has 3 aliphatic rings. The van der Waals surface area contributed by atoms with Gasteiger partial charge in [-0.05, 0) is 93.8 Å². The minimum Gasteiger partial charge on any atom is -0.356 e. The molecule has 16 heteroatoms. The van der Waals surface area contributed by atoms with Crippen molar-refractivity contribution >= 4 is 113 Å². The first-order valence-electron chi connectivity index (χ1n) is 21.4. The van der Waals surface area contributed by atoms with Gasteiger partial charge >= 0.3 is 0 Å². The van der Waals surface area contributed by atoms with Gasteiger partial charge in [0.05, 0.1) is 84.2 Å². The fourth-order valence-electron chi connectivity index (χ4n) is 10.4. The van der Waals surface area contributed by atoms with E-state index in [1.807, 2.05) is 0 Å². The Kier molecular flexibility index (Phi) is 10.9. The van der Waals surface area contributed by atoms with Gasteiger partial charge in [0.25, 0.3) is 23.3 Å². The topological polar surface area (TPSA) is 91.5 Å². The summed E-state index contributed by atoms with van der Waals surface area (Å²) in [6.45, 7) is 17.6. The molecular weight excluding hydrogens is 1250 g/mol. The van der Waals surface area contributed by atoms with Crippen LogP contribution in [0.4, 0.5) is 0 Å². The second kappa shape index (κ2) is 15.2. The van der Waals surface area contributed by atoms with Crippen molar-refractivity contribution in [2.75, 3.05) is 0 Å². The normalized spacial score (nSPS) is 24.2. The molecule has 0 amide bonds. The van der Waals surface area contributed by atoms with Gasteiger partial charge in [-0.3, -0.25) is 9.98 Å². The summed E-state index contributed by atoms with van der Waals surface area (Å²) in [6.07, 6.45) is 9.18. The molecule has 0 aromatic carbocycles. The molecule has 3 aliphatic heterocycles. The van der Waals surface area contributed by atoms with Gasteiger partial charge in [0, 0.05) is 61.1 Å². The molecule has 334 valence electrons. The Balaban J connectivity index is 1.51. The van der Waals surface area contributed by atoms with E-state index in [1.165, 1.54) is 45.6 Å². The number of nitrogens with one attached hydrogen (secondary N) is 2. The largest absolute Gasteiger partial charge is 0.356 e. The van der Waals surface area contributed by atoms with Gasteiger partial charge in [-0.25, -0.2) is 36.5 Å². The molecule has 12 nitrogen and oxygen atoms in total. The second-order valence-electron chi connectivity index (χ2n) is 18.1. The summed E-state index contributed by atoms with van der Waals surface area (Å²) >= 11 is 10.7. The van der Waals surface area contributed by atoms with Crippen LogP contribution < -0.4 is 29.0 Å². The van der Waals surface area contributed by atoms with Crippen LogP contribution in [0.3, 0.4) is 0 Å². The van der Waals surface area contributed by atoms with Gasteiger partial charge in [-0.2, -0.15) is 0 Å². The molecule has 4 atom stereocenters. The SMILES string of the molecule is Cc1c(C)[n+](C)c(C2=c3ccc([nH]3)=C(c3n(C)c(C)c(C)[n+]3C)c3ccc([nH]3)C(I)(c3n(C)c(C)c(C)[n+]3C)C3(I)C=CC(=N3)C(I)(c3n(C)c(C)c(C)[n+]3C)C3(I)C=CC2=N3)n1C. The van der Waals surface area contributed by atoms with E-state index >= 15 is 0 Å². The van der Waals surface area contributed by atoms with Crippen LogP contribution in [0.15, 0.2) is 58.6 Å². The van der Waals surface area contributed by atoms with Crippen LogP contribution >= 0.6 is 90.4 Å². The van der Waals surface area contributed by atoms with Crippen LogP contribution in [0.25, 0.3) is 11.1 Å². The molecule has 2 N–H and O–H groups in total. The van der Waals surface area contributed by atoms with E-state index in [0.29, 0.717) is 0 Å². The Labute approximate surface area is 430 Å². The Bertz CT molecular complexity index is 3210. The number of alkyl halides is 4. The van der Waals surface area contributed by atoms with Gasteiger partial charge < -0.3 is 9.97 Å². The van der Waals surface area contributed by atoms with E-state index in [2.05, 4.69) is 297 Å². The third-order valence-corrected chi connectivity index (χ3v) is 24.0. The summed E-state index contributed by atoms with van der Waals surface area (Å²) in [4.78, 5) is 20.1. The number of allylic oxidation sites excluding steroid dienone is 2. The number of rotatable bonds is 4. The molecule has 0 spiro atoms. The fourth-order valence-corrected chi connectivity index (χ4v) is 15.0. The molecule has 6 aromatic rings. The lowest BCUT2D eigenvalue weighted by molar-refractivity contribution is -0.686. The zero-order valence-corrected chi connectivity index (χ0v) is 48.2. The summed E-state index contributed by atoms with van der Waals surface area (Å²) in [5, 5.41) is 1.99.